The van der Waals surface area contributed by atoms with Gasteiger partial charge in [0.2, 0.25) is 0 Å². The van der Waals surface area contributed by atoms with E-state index in [9.17, 15) is 4.79 Å². The van der Waals surface area contributed by atoms with Crippen LogP contribution in [0.1, 0.15) is 29.8 Å². The Balaban J connectivity index is 3.08. The molecule has 0 amide bonds. The number of hydrogen-bond acceptors (Lipinski definition) is 4. The SMILES string of the molecule is CC(C)Oc1ccc(C(=O)CN)cc1C#N. The number of ether oxygens (including phenoxy) is 1. The lowest BCUT2D eigenvalue weighted by Gasteiger charge is -2.11. The van der Waals surface area contributed by atoms with E-state index < -0.39 is 0 Å². The first-order valence-corrected chi connectivity index (χ1v) is 5.02. The molecule has 84 valence electrons. The number of benzene rings is 1. The highest BCUT2D eigenvalue weighted by molar-refractivity contribution is 5.98. The highest BCUT2D eigenvalue weighted by atomic mass is 16.5. The average Bonchev–Trinajstić information content (AvgIpc) is 2.27. The highest BCUT2D eigenvalue weighted by Crippen LogP contribution is 2.20. The number of ketones is 1. The first-order valence-electron chi connectivity index (χ1n) is 5.02. The lowest BCUT2D eigenvalue weighted by Crippen LogP contribution is -2.14. The van der Waals surface area contributed by atoms with Gasteiger partial charge in [-0.05, 0) is 32.0 Å². The molecule has 4 heteroatoms. The van der Waals surface area contributed by atoms with Crippen LogP contribution in [0, 0.1) is 11.3 Å². The van der Waals surface area contributed by atoms with Crippen LogP contribution in [0.15, 0.2) is 18.2 Å². The molecule has 4 nitrogen and oxygen atoms in total. The molecule has 0 heterocycles. The summed E-state index contributed by atoms with van der Waals surface area (Å²) in [6, 6.07) is 6.75. The fourth-order valence-corrected chi connectivity index (χ4v) is 1.27. The van der Waals surface area contributed by atoms with Crippen molar-refractivity contribution in [3.05, 3.63) is 29.3 Å². The van der Waals surface area contributed by atoms with Crippen molar-refractivity contribution in [2.75, 3.05) is 6.54 Å². The van der Waals surface area contributed by atoms with Gasteiger partial charge in [0, 0.05) is 5.56 Å². The summed E-state index contributed by atoms with van der Waals surface area (Å²) in [5.41, 5.74) is 6.05. The minimum atomic E-state index is -0.187. The van der Waals surface area contributed by atoms with Crippen LogP contribution in [0.3, 0.4) is 0 Å². The van der Waals surface area contributed by atoms with E-state index in [-0.39, 0.29) is 18.4 Å². The number of rotatable bonds is 4. The Morgan fingerprint density at radius 1 is 1.56 bits per heavy atom. The summed E-state index contributed by atoms with van der Waals surface area (Å²) in [4.78, 5) is 11.3. The predicted octanol–water partition coefficient (Wildman–Crippen LogP) is 1.49. The van der Waals surface area contributed by atoms with Crippen molar-refractivity contribution in [2.24, 2.45) is 5.73 Å². The second kappa shape index (κ2) is 5.29. The standard InChI is InChI=1S/C12H14N2O2/c1-8(2)16-12-4-3-9(11(15)7-14)5-10(12)6-13/h3-5,8H,7,14H2,1-2H3. The van der Waals surface area contributed by atoms with Crippen LogP contribution in [-0.2, 0) is 0 Å². The van der Waals surface area contributed by atoms with Gasteiger partial charge in [-0.1, -0.05) is 0 Å². The van der Waals surface area contributed by atoms with Gasteiger partial charge in [-0.15, -0.1) is 0 Å². The molecule has 0 aliphatic carbocycles. The first-order chi connectivity index (χ1) is 7.58. The Morgan fingerprint density at radius 2 is 2.25 bits per heavy atom. The Hall–Kier alpha value is -1.86. The second-order valence-electron chi connectivity index (χ2n) is 3.62. The maximum Gasteiger partial charge on any atom is 0.176 e. The quantitative estimate of drug-likeness (QED) is 0.777. The van der Waals surface area contributed by atoms with E-state index in [4.69, 9.17) is 15.7 Å². The van der Waals surface area contributed by atoms with Gasteiger partial charge in [0.25, 0.3) is 0 Å². The number of carbonyl (C=O) groups is 1. The smallest absolute Gasteiger partial charge is 0.176 e. The van der Waals surface area contributed by atoms with Crippen LogP contribution >= 0.6 is 0 Å². The molecule has 0 aliphatic heterocycles. The summed E-state index contributed by atoms with van der Waals surface area (Å²) in [6.45, 7) is 3.69. The van der Waals surface area contributed by atoms with E-state index in [2.05, 4.69) is 0 Å². The van der Waals surface area contributed by atoms with E-state index in [0.717, 1.165) is 0 Å². The lowest BCUT2D eigenvalue weighted by atomic mass is 10.1. The molecule has 16 heavy (non-hydrogen) atoms. The molecule has 1 aromatic carbocycles. The topological polar surface area (TPSA) is 76.1 Å². The van der Waals surface area contributed by atoms with Gasteiger partial charge in [-0.3, -0.25) is 4.79 Å². The number of nitrogens with two attached hydrogens (primary N) is 1. The zero-order chi connectivity index (χ0) is 12.1. The summed E-state index contributed by atoms with van der Waals surface area (Å²) >= 11 is 0. The van der Waals surface area contributed by atoms with Crippen molar-refractivity contribution >= 4 is 5.78 Å². The molecule has 0 fully saturated rings. The molecule has 0 radical (unpaired) electrons. The molecular weight excluding hydrogens is 204 g/mol. The van der Waals surface area contributed by atoms with Crippen molar-refractivity contribution in [3.63, 3.8) is 0 Å². The van der Waals surface area contributed by atoms with Gasteiger partial charge in [-0.2, -0.15) is 5.26 Å². The van der Waals surface area contributed by atoms with E-state index in [1.54, 1.807) is 12.1 Å². The normalized spacial score (nSPS) is 9.94. The van der Waals surface area contributed by atoms with Gasteiger partial charge in [-0.25, -0.2) is 0 Å². The molecule has 0 saturated carbocycles. The molecule has 0 bridgehead atoms. The molecule has 0 unspecified atom stereocenters. The largest absolute Gasteiger partial charge is 0.490 e. The van der Waals surface area contributed by atoms with Crippen LogP contribution in [0.25, 0.3) is 0 Å². The molecule has 0 atom stereocenters. The van der Waals surface area contributed by atoms with Crippen molar-refractivity contribution < 1.29 is 9.53 Å². The third-order valence-corrected chi connectivity index (χ3v) is 1.97. The Kier molecular flexibility index (Phi) is 4.03. The Morgan fingerprint density at radius 3 is 2.75 bits per heavy atom. The van der Waals surface area contributed by atoms with Crippen molar-refractivity contribution in [1.82, 2.24) is 0 Å². The number of hydrogen-bond donors (Lipinski definition) is 1. The second-order valence-corrected chi connectivity index (χ2v) is 3.62. The fourth-order valence-electron chi connectivity index (χ4n) is 1.27. The van der Waals surface area contributed by atoms with E-state index in [1.807, 2.05) is 19.9 Å². The van der Waals surface area contributed by atoms with Gasteiger partial charge in [0.05, 0.1) is 18.2 Å². The highest BCUT2D eigenvalue weighted by Gasteiger charge is 2.10. The molecule has 2 N–H and O–H groups in total. The van der Waals surface area contributed by atoms with E-state index in [1.165, 1.54) is 6.07 Å². The molecule has 0 spiro atoms. The van der Waals surface area contributed by atoms with Crippen LogP contribution in [0.4, 0.5) is 0 Å². The number of Topliss-reactive ketones (excluding diaryl/α,β-unsaturated/α-hetero) is 1. The molecule has 1 aromatic rings. The maximum absolute atomic E-state index is 11.3. The van der Waals surface area contributed by atoms with Gasteiger partial charge < -0.3 is 10.5 Å². The van der Waals surface area contributed by atoms with Crippen molar-refractivity contribution in [3.8, 4) is 11.8 Å². The van der Waals surface area contributed by atoms with Crippen molar-refractivity contribution in [1.29, 1.82) is 5.26 Å². The summed E-state index contributed by atoms with van der Waals surface area (Å²) in [5.74, 6) is 0.304. The van der Waals surface area contributed by atoms with E-state index >= 15 is 0 Å². The van der Waals surface area contributed by atoms with Crippen LogP contribution in [0.5, 0.6) is 5.75 Å². The third-order valence-electron chi connectivity index (χ3n) is 1.97. The zero-order valence-electron chi connectivity index (χ0n) is 9.36. The van der Waals surface area contributed by atoms with Crippen LogP contribution in [-0.4, -0.2) is 18.4 Å². The monoisotopic (exact) mass is 218 g/mol. The molecule has 0 aromatic heterocycles. The summed E-state index contributed by atoms with van der Waals surface area (Å²) in [6.07, 6.45) is -0.0110. The third kappa shape index (κ3) is 2.81. The summed E-state index contributed by atoms with van der Waals surface area (Å²) < 4.78 is 5.44. The van der Waals surface area contributed by atoms with Crippen LogP contribution < -0.4 is 10.5 Å². The molecular formula is C12H14N2O2. The predicted molar refractivity (Wildman–Crippen MR) is 60.3 cm³/mol. The lowest BCUT2D eigenvalue weighted by molar-refractivity contribution is 0.100. The van der Waals surface area contributed by atoms with Crippen LogP contribution in [0.2, 0.25) is 0 Å². The van der Waals surface area contributed by atoms with Crippen molar-refractivity contribution in [2.45, 2.75) is 20.0 Å². The number of carbonyl (C=O) groups excluding carboxylic acids is 1. The van der Waals surface area contributed by atoms with E-state index in [0.29, 0.717) is 16.9 Å². The summed E-state index contributed by atoms with van der Waals surface area (Å²) in [5, 5.41) is 8.94. The molecule has 0 aliphatic rings. The Bertz CT molecular complexity index is 433. The minimum absolute atomic E-state index is 0.0110. The maximum atomic E-state index is 11.3. The van der Waals surface area contributed by atoms with Gasteiger partial charge >= 0.3 is 0 Å². The van der Waals surface area contributed by atoms with Gasteiger partial charge in [0.1, 0.15) is 11.8 Å². The Labute approximate surface area is 94.6 Å². The summed E-state index contributed by atoms with van der Waals surface area (Å²) in [7, 11) is 0. The fraction of sp³-hybridized carbons (Fsp3) is 0.333. The van der Waals surface area contributed by atoms with Gasteiger partial charge in [0.15, 0.2) is 5.78 Å². The zero-order valence-corrected chi connectivity index (χ0v) is 9.36. The number of nitriles is 1. The minimum Gasteiger partial charge on any atom is -0.490 e. The molecule has 1 rings (SSSR count). The first kappa shape index (κ1) is 12.2. The average molecular weight is 218 g/mol. The molecule has 0 saturated heterocycles. The number of nitrogens with zero attached hydrogens (tertiary/aromatic N) is 1.